The predicted molar refractivity (Wildman–Crippen MR) is 79.0 cm³/mol. The Morgan fingerprint density at radius 3 is 2.75 bits per heavy atom. The van der Waals surface area contributed by atoms with E-state index in [2.05, 4.69) is 21.2 Å². The van der Waals surface area contributed by atoms with E-state index < -0.39 is 5.82 Å². The number of hydrogen-bond acceptors (Lipinski definition) is 2. The molecule has 1 fully saturated rings. The summed E-state index contributed by atoms with van der Waals surface area (Å²) in [7, 11) is 0. The van der Waals surface area contributed by atoms with Crippen molar-refractivity contribution >= 4 is 21.8 Å². The average molecular weight is 344 g/mol. The molecule has 0 spiro atoms. The van der Waals surface area contributed by atoms with E-state index in [-0.39, 0.29) is 18.4 Å². The van der Waals surface area contributed by atoms with Crippen molar-refractivity contribution in [2.75, 3.05) is 13.2 Å². The number of benzene rings is 1. The highest BCUT2D eigenvalue weighted by Crippen LogP contribution is 2.29. The highest BCUT2D eigenvalue weighted by Gasteiger charge is 2.25. The van der Waals surface area contributed by atoms with Crippen LogP contribution in [0.3, 0.4) is 0 Å². The zero-order valence-electron chi connectivity index (χ0n) is 11.2. The smallest absolute Gasteiger partial charge is 0.252 e. The minimum absolute atomic E-state index is 0.171. The lowest BCUT2D eigenvalue weighted by molar-refractivity contribution is 0.0908. The van der Waals surface area contributed by atoms with Crippen LogP contribution in [0.1, 0.15) is 36.0 Å². The van der Waals surface area contributed by atoms with Crippen LogP contribution in [0.5, 0.6) is 0 Å². The Balaban J connectivity index is 1.96. The topological polar surface area (TPSA) is 49.3 Å². The zero-order valence-corrected chi connectivity index (χ0v) is 12.8. The lowest BCUT2D eigenvalue weighted by Crippen LogP contribution is -2.35. The molecule has 0 saturated heterocycles. The average Bonchev–Trinajstić information content (AvgIpc) is 2.47. The molecule has 0 bridgehead atoms. The Morgan fingerprint density at radius 1 is 1.35 bits per heavy atom. The van der Waals surface area contributed by atoms with Gasteiger partial charge < -0.3 is 10.4 Å². The van der Waals surface area contributed by atoms with E-state index in [4.69, 9.17) is 0 Å². The summed E-state index contributed by atoms with van der Waals surface area (Å²) < 4.78 is 13.8. The Hall–Kier alpha value is -0.940. The molecular weight excluding hydrogens is 325 g/mol. The molecule has 0 aromatic heterocycles. The SMILES string of the molecule is O=C(NCC1CCCCC1CO)c1cc(F)ccc1Br. The van der Waals surface area contributed by atoms with Crippen LogP contribution >= 0.6 is 15.9 Å². The van der Waals surface area contributed by atoms with Crippen molar-refractivity contribution in [1.29, 1.82) is 0 Å². The number of aliphatic hydroxyl groups excluding tert-OH is 1. The number of halogens is 2. The molecule has 0 aliphatic heterocycles. The van der Waals surface area contributed by atoms with Gasteiger partial charge in [-0.3, -0.25) is 4.79 Å². The van der Waals surface area contributed by atoms with Gasteiger partial charge in [-0.25, -0.2) is 4.39 Å². The third kappa shape index (κ3) is 3.79. The predicted octanol–water partition coefficient (Wildman–Crippen LogP) is 3.12. The fourth-order valence-electron chi connectivity index (χ4n) is 2.78. The van der Waals surface area contributed by atoms with E-state index in [0.29, 0.717) is 22.5 Å². The Morgan fingerprint density at radius 2 is 2.05 bits per heavy atom. The van der Waals surface area contributed by atoms with Crippen LogP contribution in [0.2, 0.25) is 0 Å². The van der Waals surface area contributed by atoms with Gasteiger partial charge in [-0.15, -0.1) is 0 Å². The molecule has 2 rings (SSSR count). The third-order valence-corrected chi connectivity index (χ3v) is 4.69. The van der Waals surface area contributed by atoms with E-state index in [9.17, 15) is 14.3 Å². The van der Waals surface area contributed by atoms with Gasteiger partial charge in [0.25, 0.3) is 5.91 Å². The Bertz CT molecular complexity index is 481. The minimum atomic E-state index is -0.427. The van der Waals surface area contributed by atoms with Gasteiger partial charge in [0.05, 0.1) is 5.56 Å². The molecule has 2 N–H and O–H groups in total. The van der Waals surface area contributed by atoms with E-state index in [1.807, 2.05) is 0 Å². The molecule has 1 saturated carbocycles. The fraction of sp³-hybridized carbons (Fsp3) is 0.533. The van der Waals surface area contributed by atoms with Gasteiger partial charge in [0, 0.05) is 17.6 Å². The number of hydrogen-bond donors (Lipinski definition) is 2. The van der Waals surface area contributed by atoms with Crippen molar-refractivity contribution in [3.63, 3.8) is 0 Å². The normalized spacial score (nSPS) is 22.6. The number of carbonyl (C=O) groups excluding carboxylic acids is 1. The van der Waals surface area contributed by atoms with Gasteiger partial charge in [-0.1, -0.05) is 12.8 Å². The minimum Gasteiger partial charge on any atom is -0.396 e. The van der Waals surface area contributed by atoms with Crippen LogP contribution in [-0.2, 0) is 0 Å². The number of carbonyl (C=O) groups is 1. The molecule has 2 atom stereocenters. The van der Waals surface area contributed by atoms with E-state index in [0.717, 1.165) is 25.7 Å². The number of nitrogens with one attached hydrogen (secondary N) is 1. The van der Waals surface area contributed by atoms with Crippen molar-refractivity contribution in [2.24, 2.45) is 11.8 Å². The molecule has 110 valence electrons. The molecule has 0 heterocycles. The van der Waals surface area contributed by atoms with Gasteiger partial charge >= 0.3 is 0 Å². The monoisotopic (exact) mass is 343 g/mol. The van der Waals surface area contributed by atoms with E-state index in [1.165, 1.54) is 18.2 Å². The maximum atomic E-state index is 13.2. The highest BCUT2D eigenvalue weighted by atomic mass is 79.9. The summed E-state index contributed by atoms with van der Waals surface area (Å²) in [6, 6.07) is 4.06. The first kappa shape index (κ1) is 15.4. The number of amides is 1. The van der Waals surface area contributed by atoms with Crippen molar-refractivity contribution in [1.82, 2.24) is 5.32 Å². The summed E-state index contributed by atoms with van der Waals surface area (Å²) in [6.45, 7) is 0.706. The summed E-state index contributed by atoms with van der Waals surface area (Å²) in [5.74, 6) is -0.132. The van der Waals surface area contributed by atoms with Gasteiger partial charge in [0.15, 0.2) is 0 Å². The summed E-state index contributed by atoms with van der Waals surface area (Å²) >= 11 is 3.26. The lowest BCUT2D eigenvalue weighted by atomic mass is 9.79. The molecule has 1 aromatic rings. The number of aliphatic hydroxyl groups is 1. The summed E-state index contributed by atoms with van der Waals surface area (Å²) in [5, 5.41) is 12.2. The van der Waals surface area contributed by atoms with E-state index >= 15 is 0 Å². The highest BCUT2D eigenvalue weighted by molar-refractivity contribution is 9.10. The third-order valence-electron chi connectivity index (χ3n) is 4.00. The molecule has 2 unspecified atom stereocenters. The second-order valence-electron chi connectivity index (χ2n) is 5.32. The molecule has 1 aliphatic rings. The fourth-order valence-corrected chi connectivity index (χ4v) is 3.21. The van der Waals surface area contributed by atoms with E-state index in [1.54, 1.807) is 0 Å². The van der Waals surface area contributed by atoms with Crippen LogP contribution in [0, 0.1) is 17.7 Å². The Kier molecular flexibility index (Phi) is 5.54. The quantitative estimate of drug-likeness (QED) is 0.882. The zero-order chi connectivity index (χ0) is 14.5. The van der Waals surface area contributed by atoms with Crippen LogP contribution in [0.15, 0.2) is 22.7 Å². The van der Waals surface area contributed by atoms with Gasteiger partial charge in [-0.05, 0) is 58.8 Å². The molecule has 0 radical (unpaired) electrons. The van der Waals surface area contributed by atoms with Crippen LogP contribution in [0.25, 0.3) is 0 Å². The van der Waals surface area contributed by atoms with Crippen LogP contribution < -0.4 is 5.32 Å². The van der Waals surface area contributed by atoms with Crippen molar-refractivity contribution < 1.29 is 14.3 Å². The van der Waals surface area contributed by atoms with Crippen LogP contribution in [0.4, 0.5) is 4.39 Å². The molecule has 1 aliphatic carbocycles. The van der Waals surface area contributed by atoms with Gasteiger partial charge in [-0.2, -0.15) is 0 Å². The lowest BCUT2D eigenvalue weighted by Gasteiger charge is -2.30. The first-order chi connectivity index (χ1) is 9.61. The first-order valence-corrected chi connectivity index (χ1v) is 7.75. The summed E-state index contributed by atoms with van der Waals surface area (Å²) in [4.78, 5) is 12.1. The van der Waals surface area contributed by atoms with Gasteiger partial charge in [0.1, 0.15) is 5.82 Å². The van der Waals surface area contributed by atoms with Crippen molar-refractivity contribution in [3.05, 3.63) is 34.1 Å². The maximum absolute atomic E-state index is 13.2. The maximum Gasteiger partial charge on any atom is 0.252 e. The molecule has 3 nitrogen and oxygen atoms in total. The van der Waals surface area contributed by atoms with Gasteiger partial charge in [0.2, 0.25) is 0 Å². The largest absolute Gasteiger partial charge is 0.396 e. The second kappa shape index (κ2) is 7.18. The Labute approximate surface area is 126 Å². The van der Waals surface area contributed by atoms with Crippen molar-refractivity contribution in [3.8, 4) is 0 Å². The molecule has 1 aromatic carbocycles. The molecule has 5 heteroatoms. The van der Waals surface area contributed by atoms with Crippen molar-refractivity contribution in [2.45, 2.75) is 25.7 Å². The second-order valence-corrected chi connectivity index (χ2v) is 6.18. The summed E-state index contributed by atoms with van der Waals surface area (Å²) in [6.07, 6.45) is 4.32. The first-order valence-electron chi connectivity index (χ1n) is 6.96. The summed E-state index contributed by atoms with van der Waals surface area (Å²) in [5.41, 5.74) is 0.307. The molecule has 1 amide bonds. The van der Waals surface area contributed by atoms with Crippen LogP contribution in [-0.4, -0.2) is 24.2 Å². The standard InChI is InChI=1S/C15H19BrFNO2/c16-14-6-5-12(17)7-13(14)15(20)18-8-10-3-1-2-4-11(10)9-19/h5-7,10-11,19H,1-4,8-9H2,(H,18,20). The molecule has 20 heavy (non-hydrogen) atoms. The molecular formula is C15H19BrFNO2. The number of rotatable bonds is 4.